The SMILES string of the molecule is CCNC(=O)CNC(=O)CNC(=O)COc1ccccc1. The van der Waals surface area contributed by atoms with Crippen LogP contribution in [0.15, 0.2) is 30.3 Å². The number of carbonyl (C=O) groups excluding carboxylic acids is 3. The van der Waals surface area contributed by atoms with Crippen molar-refractivity contribution in [3.8, 4) is 5.75 Å². The van der Waals surface area contributed by atoms with E-state index in [1.165, 1.54) is 0 Å². The van der Waals surface area contributed by atoms with Crippen LogP contribution in [0.4, 0.5) is 0 Å². The number of benzene rings is 1. The second kappa shape index (κ2) is 9.35. The van der Waals surface area contributed by atoms with Crippen molar-refractivity contribution in [2.24, 2.45) is 0 Å². The number of nitrogens with one attached hydrogen (secondary N) is 3. The highest BCUT2D eigenvalue weighted by molar-refractivity contribution is 5.88. The Labute approximate surface area is 123 Å². The van der Waals surface area contributed by atoms with Crippen LogP contribution in [-0.4, -0.2) is 44.0 Å². The van der Waals surface area contributed by atoms with Crippen molar-refractivity contribution in [2.75, 3.05) is 26.2 Å². The Morgan fingerprint density at radius 1 is 0.905 bits per heavy atom. The molecular formula is C14H19N3O4. The lowest BCUT2D eigenvalue weighted by Crippen LogP contribution is -2.42. The fourth-order valence-corrected chi connectivity index (χ4v) is 1.40. The molecule has 21 heavy (non-hydrogen) atoms. The Balaban J connectivity index is 2.15. The maximum absolute atomic E-state index is 11.5. The van der Waals surface area contributed by atoms with E-state index in [4.69, 9.17) is 4.74 Å². The van der Waals surface area contributed by atoms with E-state index in [0.717, 1.165) is 0 Å². The Kier molecular flexibility index (Phi) is 7.34. The maximum Gasteiger partial charge on any atom is 0.258 e. The Bertz CT molecular complexity index is 476. The van der Waals surface area contributed by atoms with Gasteiger partial charge in [-0.05, 0) is 19.1 Å². The van der Waals surface area contributed by atoms with Gasteiger partial charge in [0.1, 0.15) is 5.75 Å². The van der Waals surface area contributed by atoms with Crippen molar-refractivity contribution in [3.63, 3.8) is 0 Å². The molecule has 0 spiro atoms. The Morgan fingerprint density at radius 2 is 1.48 bits per heavy atom. The number of rotatable bonds is 8. The molecule has 3 N–H and O–H groups in total. The Hall–Kier alpha value is -2.57. The fraction of sp³-hybridized carbons (Fsp3) is 0.357. The van der Waals surface area contributed by atoms with E-state index in [1.807, 2.05) is 6.07 Å². The molecule has 0 aliphatic heterocycles. The quantitative estimate of drug-likeness (QED) is 0.598. The van der Waals surface area contributed by atoms with Gasteiger partial charge in [0, 0.05) is 6.54 Å². The van der Waals surface area contributed by atoms with Gasteiger partial charge in [-0.25, -0.2) is 0 Å². The third kappa shape index (κ3) is 7.56. The van der Waals surface area contributed by atoms with Crippen molar-refractivity contribution < 1.29 is 19.1 Å². The van der Waals surface area contributed by atoms with Gasteiger partial charge in [0.2, 0.25) is 11.8 Å². The average Bonchev–Trinajstić information content (AvgIpc) is 2.50. The summed E-state index contributed by atoms with van der Waals surface area (Å²) in [6, 6.07) is 8.88. The van der Waals surface area contributed by atoms with E-state index in [9.17, 15) is 14.4 Å². The van der Waals surface area contributed by atoms with Crippen LogP contribution in [0.5, 0.6) is 5.75 Å². The van der Waals surface area contributed by atoms with Gasteiger partial charge in [0.05, 0.1) is 13.1 Å². The molecule has 0 saturated heterocycles. The molecule has 0 radical (unpaired) electrons. The van der Waals surface area contributed by atoms with E-state index in [1.54, 1.807) is 31.2 Å². The van der Waals surface area contributed by atoms with E-state index in [0.29, 0.717) is 12.3 Å². The molecular weight excluding hydrogens is 274 g/mol. The number of para-hydroxylation sites is 1. The van der Waals surface area contributed by atoms with Crippen LogP contribution in [0, 0.1) is 0 Å². The molecule has 0 unspecified atom stereocenters. The molecule has 7 nitrogen and oxygen atoms in total. The summed E-state index contributed by atoms with van der Waals surface area (Å²) in [6.07, 6.45) is 0. The number of likely N-dealkylation sites (N-methyl/N-ethyl adjacent to an activating group) is 1. The zero-order valence-corrected chi connectivity index (χ0v) is 11.8. The first-order chi connectivity index (χ1) is 10.1. The summed E-state index contributed by atoms with van der Waals surface area (Å²) in [7, 11) is 0. The Morgan fingerprint density at radius 3 is 2.10 bits per heavy atom. The summed E-state index contributed by atoms with van der Waals surface area (Å²) in [5, 5.41) is 7.33. The summed E-state index contributed by atoms with van der Waals surface area (Å²) >= 11 is 0. The molecule has 1 aromatic carbocycles. The van der Waals surface area contributed by atoms with Crippen LogP contribution in [0.25, 0.3) is 0 Å². The molecule has 0 heterocycles. The van der Waals surface area contributed by atoms with Gasteiger partial charge in [-0.2, -0.15) is 0 Å². The van der Waals surface area contributed by atoms with Gasteiger partial charge in [-0.3, -0.25) is 14.4 Å². The third-order valence-corrected chi connectivity index (χ3v) is 2.38. The molecule has 0 atom stereocenters. The van der Waals surface area contributed by atoms with E-state index in [-0.39, 0.29) is 25.6 Å². The largest absolute Gasteiger partial charge is 0.484 e. The first-order valence-electron chi connectivity index (χ1n) is 6.59. The number of hydrogen-bond acceptors (Lipinski definition) is 4. The highest BCUT2D eigenvalue weighted by atomic mass is 16.5. The molecule has 0 aromatic heterocycles. The number of hydrogen-bond donors (Lipinski definition) is 3. The lowest BCUT2D eigenvalue weighted by atomic mass is 10.3. The highest BCUT2D eigenvalue weighted by Gasteiger charge is 2.07. The van der Waals surface area contributed by atoms with Crippen molar-refractivity contribution in [1.29, 1.82) is 0 Å². The minimum Gasteiger partial charge on any atom is -0.484 e. The predicted octanol–water partition coefficient (Wildman–Crippen LogP) is -0.566. The molecule has 1 rings (SSSR count). The summed E-state index contributed by atoms with van der Waals surface area (Å²) in [5.41, 5.74) is 0. The maximum atomic E-state index is 11.5. The van der Waals surface area contributed by atoms with Crippen molar-refractivity contribution in [3.05, 3.63) is 30.3 Å². The second-order valence-electron chi connectivity index (χ2n) is 4.11. The summed E-state index contributed by atoms with van der Waals surface area (Å²) in [5.74, 6) is -0.542. The minimum atomic E-state index is -0.436. The highest BCUT2D eigenvalue weighted by Crippen LogP contribution is 2.07. The van der Waals surface area contributed by atoms with Gasteiger partial charge in [0.25, 0.3) is 5.91 Å². The van der Waals surface area contributed by atoms with Crippen molar-refractivity contribution >= 4 is 17.7 Å². The van der Waals surface area contributed by atoms with Crippen molar-refractivity contribution in [2.45, 2.75) is 6.92 Å². The number of ether oxygens (including phenoxy) is 1. The van der Waals surface area contributed by atoms with Gasteiger partial charge in [-0.15, -0.1) is 0 Å². The van der Waals surface area contributed by atoms with Gasteiger partial charge < -0.3 is 20.7 Å². The lowest BCUT2D eigenvalue weighted by Gasteiger charge is -2.08. The number of amides is 3. The van der Waals surface area contributed by atoms with Crippen LogP contribution in [0.3, 0.4) is 0 Å². The van der Waals surface area contributed by atoms with E-state index >= 15 is 0 Å². The first-order valence-corrected chi connectivity index (χ1v) is 6.59. The molecule has 0 bridgehead atoms. The normalized spacial score (nSPS) is 9.57. The molecule has 0 aliphatic carbocycles. The topological polar surface area (TPSA) is 96.5 Å². The molecule has 3 amide bonds. The molecule has 0 fully saturated rings. The molecule has 1 aromatic rings. The van der Waals surface area contributed by atoms with Gasteiger partial charge in [-0.1, -0.05) is 18.2 Å². The zero-order chi connectivity index (χ0) is 15.5. The fourth-order valence-electron chi connectivity index (χ4n) is 1.40. The summed E-state index contributed by atoms with van der Waals surface area (Å²) < 4.78 is 5.22. The average molecular weight is 293 g/mol. The second-order valence-corrected chi connectivity index (χ2v) is 4.11. The van der Waals surface area contributed by atoms with E-state index < -0.39 is 11.8 Å². The van der Waals surface area contributed by atoms with Crippen LogP contribution < -0.4 is 20.7 Å². The van der Waals surface area contributed by atoms with Crippen LogP contribution >= 0.6 is 0 Å². The summed E-state index contributed by atoms with van der Waals surface area (Å²) in [6.45, 7) is 1.81. The zero-order valence-electron chi connectivity index (χ0n) is 11.8. The van der Waals surface area contributed by atoms with E-state index in [2.05, 4.69) is 16.0 Å². The van der Waals surface area contributed by atoms with Gasteiger partial charge in [0.15, 0.2) is 6.61 Å². The lowest BCUT2D eigenvalue weighted by molar-refractivity contribution is -0.128. The first kappa shape index (κ1) is 16.5. The molecule has 0 aliphatic rings. The number of carbonyl (C=O) groups is 3. The van der Waals surface area contributed by atoms with Gasteiger partial charge >= 0.3 is 0 Å². The minimum absolute atomic E-state index is 0.108. The molecule has 7 heteroatoms. The smallest absolute Gasteiger partial charge is 0.258 e. The van der Waals surface area contributed by atoms with Crippen LogP contribution in [-0.2, 0) is 14.4 Å². The van der Waals surface area contributed by atoms with Crippen LogP contribution in [0.2, 0.25) is 0 Å². The monoisotopic (exact) mass is 293 g/mol. The molecule has 0 saturated carbocycles. The third-order valence-electron chi connectivity index (χ3n) is 2.38. The van der Waals surface area contributed by atoms with Crippen LogP contribution in [0.1, 0.15) is 6.92 Å². The predicted molar refractivity (Wildman–Crippen MR) is 76.6 cm³/mol. The summed E-state index contributed by atoms with van der Waals surface area (Å²) in [4.78, 5) is 34.0. The molecule has 114 valence electrons. The van der Waals surface area contributed by atoms with Crippen molar-refractivity contribution in [1.82, 2.24) is 16.0 Å². The standard InChI is InChI=1S/C14H19N3O4/c1-2-15-12(18)8-16-13(19)9-17-14(20)10-21-11-6-4-3-5-7-11/h3-7H,2,8-10H2,1H3,(H,15,18)(H,16,19)(H,17,20).